The Kier molecular flexibility index (Phi) is 4.99. The van der Waals surface area contributed by atoms with Crippen molar-refractivity contribution in [3.8, 4) is 5.69 Å². The molecule has 0 unspecified atom stereocenters. The summed E-state index contributed by atoms with van der Waals surface area (Å²) < 4.78 is 1.65. The van der Waals surface area contributed by atoms with Crippen LogP contribution in [0, 0.1) is 0 Å². The van der Waals surface area contributed by atoms with Crippen LogP contribution in [0.3, 0.4) is 0 Å². The first-order valence-electron chi connectivity index (χ1n) is 8.01. The number of carbonyl (C=O) groups is 1. The molecule has 0 saturated heterocycles. The Bertz CT molecular complexity index is 1080. The van der Waals surface area contributed by atoms with Gasteiger partial charge < -0.3 is 5.32 Å². The Balaban J connectivity index is 1.50. The SMILES string of the molecule is O=C(CSc1ncnc2c1nnn2-c1ccccc1)Nc1ccc(Cl)cc1. The molecule has 0 aliphatic carbocycles. The second-order valence-corrected chi connectivity index (χ2v) is 6.93. The molecule has 0 aliphatic heterocycles. The van der Waals surface area contributed by atoms with E-state index >= 15 is 0 Å². The average Bonchev–Trinajstić information content (AvgIpc) is 3.13. The number of nitrogens with zero attached hydrogens (tertiary/aromatic N) is 5. The first kappa shape index (κ1) is 17.4. The summed E-state index contributed by atoms with van der Waals surface area (Å²) in [6.45, 7) is 0. The summed E-state index contributed by atoms with van der Waals surface area (Å²) >= 11 is 7.13. The monoisotopic (exact) mass is 396 g/mol. The molecule has 9 heteroatoms. The molecule has 0 fully saturated rings. The molecule has 2 heterocycles. The maximum atomic E-state index is 12.2. The molecule has 0 saturated carbocycles. The number of aromatic nitrogens is 5. The summed E-state index contributed by atoms with van der Waals surface area (Å²) in [4.78, 5) is 20.7. The van der Waals surface area contributed by atoms with E-state index in [9.17, 15) is 4.79 Å². The quantitative estimate of drug-likeness (QED) is 0.410. The van der Waals surface area contributed by atoms with Crippen LogP contribution in [0.1, 0.15) is 0 Å². The number of hydrogen-bond donors (Lipinski definition) is 1. The van der Waals surface area contributed by atoms with E-state index in [1.807, 2.05) is 30.3 Å². The lowest BCUT2D eigenvalue weighted by Gasteiger charge is -2.05. The molecule has 0 atom stereocenters. The number of para-hydroxylation sites is 1. The standard InChI is InChI=1S/C18H13ClN6OS/c19-12-6-8-13(9-7-12)22-15(26)10-27-18-16-17(20-11-21-18)25(24-23-16)14-4-2-1-3-5-14/h1-9,11H,10H2,(H,22,26). The Morgan fingerprint density at radius 2 is 1.85 bits per heavy atom. The van der Waals surface area contributed by atoms with Crippen molar-refractivity contribution < 1.29 is 4.79 Å². The summed E-state index contributed by atoms with van der Waals surface area (Å²) in [5.74, 6) is 0.0389. The lowest BCUT2D eigenvalue weighted by molar-refractivity contribution is -0.113. The van der Waals surface area contributed by atoms with E-state index in [1.54, 1.807) is 28.9 Å². The molecule has 7 nitrogen and oxygen atoms in total. The fourth-order valence-electron chi connectivity index (χ4n) is 2.44. The number of benzene rings is 2. The predicted molar refractivity (Wildman–Crippen MR) is 105 cm³/mol. The number of amides is 1. The van der Waals surface area contributed by atoms with E-state index in [4.69, 9.17) is 11.6 Å². The Labute approximate surface area is 163 Å². The minimum atomic E-state index is -0.149. The van der Waals surface area contributed by atoms with Gasteiger partial charge >= 0.3 is 0 Å². The van der Waals surface area contributed by atoms with Crippen molar-refractivity contribution in [2.24, 2.45) is 0 Å². The van der Waals surface area contributed by atoms with Gasteiger partial charge in [-0.25, -0.2) is 9.97 Å². The number of hydrogen-bond acceptors (Lipinski definition) is 6. The number of fused-ring (bicyclic) bond motifs is 1. The molecule has 134 valence electrons. The Morgan fingerprint density at radius 3 is 2.63 bits per heavy atom. The first-order valence-corrected chi connectivity index (χ1v) is 9.37. The van der Waals surface area contributed by atoms with Crippen molar-refractivity contribution in [3.63, 3.8) is 0 Å². The zero-order chi connectivity index (χ0) is 18.6. The molecule has 1 amide bonds. The zero-order valence-electron chi connectivity index (χ0n) is 13.9. The largest absolute Gasteiger partial charge is 0.325 e. The average molecular weight is 397 g/mol. The van der Waals surface area contributed by atoms with Gasteiger partial charge in [0.15, 0.2) is 11.2 Å². The van der Waals surface area contributed by atoms with Gasteiger partial charge in [0, 0.05) is 10.7 Å². The minimum absolute atomic E-state index is 0.149. The first-order chi connectivity index (χ1) is 13.2. The third-order valence-electron chi connectivity index (χ3n) is 3.67. The highest BCUT2D eigenvalue weighted by molar-refractivity contribution is 8.00. The summed E-state index contributed by atoms with van der Waals surface area (Å²) in [7, 11) is 0. The van der Waals surface area contributed by atoms with Crippen LogP contribution in [0.4, 0.5) is 5.69 Å². The summed E-state index contributed by atoms with van der Waals surface area (Å²) in [5, 5.41) is 12.4. The lowest BCUT2D eigenvalue weighted by Crippen LogP contribution is -2.14. The normalized spacial score (nSPS) is 10.9. The maximum Gasteiger partial charge on any atom is 0.234 e. The van der Waals surface area contributed by atoms with E-state index in [2.05, 4.69) is 25.6 Å². The maximum absolute atomic E-state index is 12.2. The number of anilines is 1. The molecule has 0 radical (unpaired) electrons. The second-order valence-electron chi connectivity index (χ2n) is 5.53. The van der Waals surface area contributed by atoms with Crippen molar-refractivity contribution in [3.05, 3.63) is 65.9 Å². The van der Waals surface area contributed by atoms with Crippen LogP contribution in [0.2, 0.25) is 5.02 Å². The van der Waals surface area contributed by atoms with Crippen LogP contribution in [0.25, 0.3) is 16.9 Å². The Morgan fingerprint density at radius 1 is 1.07 bits per heavy atom. The third kappa shape index (κ3) is 3.91. The molecule has 1 N–H and O–H groups in total. The fourth-order valence-corrected chi connectivity index (χ4v) is 3.30. The van der Waals surface area contributed by atoms with Gasteiger partial charge in [0.05, 0.1) is 11.4 Å². The summed E-state index contributed by atoms with van der Waals surface area (Å²) in [6.07, 6.45) is 1.45. The highest BCUT2D eigenvalue weighted by Gasteiger charge is 2.14. The predicted octanol–water partition coefficient (Wildman–Crippen LogP) is 3.59. The van der Waals surface area contributed by atoms with Crippen LogP contribution in [0.15, 0.2) is 66.0 Å². The van der Waals surface area contributed by atoms with E-state index in [1.165, 1.54) is 18.1 Å². The van der Waals surface area contributed by atoms with Gasteiger partial charge in [0.1, 0.15) is 11.4 Å². The molecule has 2 aromatic carbocycles. The van der Waals surface area contributed by atoms with E-state index in [0.29, 0.717) is 26.9 Å². The van der Waals surface area contributed by atoms with Gasteiger partial charge in [-0.15, -0.1) is 5.10 Å². The molecule has 0 aliphatic rings. The number of rotatable bonds is 5. The topological polar surface area (TPSA) is 85.6 Å². The molecular weight excluding hydrogens is 384 g/mol. The second kappa shape index (κ2) is 7.73. The third-order valence-corrected chi connectivity index (χ3v) is 4.90. The van der Waals surface area contributed by atoms with Crippen molar-refractivity contribution in [2.75, 3.05) is 11.1 Å². The summed E-state index contributed by atoms with van der Waals surface area (Å²) in [6, 6.07) is 16.5. The van der Waals surface area contributed by atoms with Crippen LogP contribution in [-0.2, 0) is 4.79 Å². The van der Waals surface area contributed by atoms with Crippen molar-refractivity contribution >= 4 is 46.1 Å². The van der Waals surface area contributed by atoms with Gasteiger partial charge in [-0.2, -0.15) is 4.68 Å². The minimum Gasteiger partial charge on any atom is -0.325 e. The number of halogens is 1. The summed E-state index contributed by atoms with van der Waals surface area (Å²) in [5.41, 5.74) is 2.70. The van der Waals surface area contributed by atoms with Crippen LogP contribution in [0.5, 0.6) is 0 Å². The molecule has 2 aromatic heterocycles. The fraction of sp³-hybridized carbons (Fsp3) is 0.0556. The molecule has 27 heavy (non-hydrogen) atoms. The van der Waals surface area contributed by atoms with Crippen molar-refractivity contribution in [1.29, 1.82) is 0 Å². The van der Waals surface area contributed by atoms with E-state index in [-0.39, 0.29) is 11.7 Å². The van der Waals surface area contributed by atoms with Gasteiger partial charge in [-0.05, 0) is 36.4 Å². The zero-order valence-corrected chi connectivity index (χ0v) is 15.5. The van der Waals surface area contributed by atoms with Crippen molar-refractivity contribution in [1.82, 2.24) is 25.0 Å². The molecule has 4 aromatic rings. The van der Waals surface area contributed by atoms with E-state index < -0.39 is 0 Å². The van der Waals surface area contributed by atoms with Crippen LogP contribution < -0.4 is 5.32 Å². The van der Waals surface area contributed by atoms with E-state index in [0.717, 1.165) is 5.69 Å². The molecule has 0 bridgehead atoms. The number of nitrogens with one attached hydrogen (secondary N) is 1. The highest BCUT2D eigenvalue weighted by atomic mass is 35.5. The lowest BCUT2D eigenvalue weighted by atomic mass is 10.3. The van der Waals surface area contributed by atoms with Gasteiger partial charge in [0.25, 0.3) is 0 Å². The number of thioether (sulfide) groups is 1. The molecule has 4 rings (SSSR count). The van der Waals surface area contributed by atoms with Gasteiger partial charge in [-0.3, -0.25) is 4.79 Å². The van der Waals surface area contributed by atoms with Crippen LogP contribution in [-0.4, -0.2) is 36.6 Å². The van der Waals surface area contributed by atoms with Gasteiger partial charge in [-0.1, -0.05) is 46.8 Å². The van der Waals surface area contributed by atoms with Crippen molar-refractivity contribution in [2.45, 2.75) is 5.03 Å². The number of carbonyl (C=O) groups excluding carboxylic acids is 1. The van der Waals surface area contributed by atoms with Gasteiger partial charge in [0.2, 0.25) is 5.91 Å². The van der Waals surface area contributed by atoms with Crippen LogP contribution >= 0.6 is 23.4 Å². The smallest absolute Gasteiger partial charge is 0.234 e. The Hall–Kier alpha value is -2.97. The molecular formula is C18H13ClN6OS. The molecule has 0 spiro atoms. The highest BCUT2D eigenvalue weighted by Crippen LogP contribution is 2.24.